The molecule has 0 bridgehead atoms. The zero-order valence-corrected chi connectivity index (χ0v) is 16.8. The second-order valence-corrected chi connectivity index (χ2v) is 7.63. The summed E-state index contributed by atoms with van der Waals surface area (Å²) in [7, 11) is 0. The molecule has 0 saturated carbocycles. The first-order chi connectivity index (χ1) is 13.1. The van der Waals surface area contributed by atoms with Crippen LogP contribution < -0.4 is 5.32 Å². The number of aromatic nitrogens is 1. The van der Waals surface area contributed by atoms with E-state index in [1.807, 2.05) is 42.5 Å². The molecular formula is C22H17BrClFN2. The quantitative estimate of drug-likeness (QED) is 0.356. The molecule has 136 valence electrons. The molecule has 4 rings (SSSR count). The summed E-state index contributed by atoms with van der Waals surface area (Å²) < 4.78 is 17.0. The van der Waals surface area contributed by atoms with Crippen molar-refractivity contribution < 1.29 is 4.39 Å². The topological polar surface area (TPSA) is 17.0 Å². The molecule has 0 aliphatic rings. The predicted octanol–water partition coefficient (Wildman–Crippen LogP) is 6.86. The highest BCUT2D eigenvalue weighted by molar-refractivity contribution is 9.10. The Morgan fingerprint density at radius 3 is 2.56 bits per heavy atom. The minimum Gasteiger partial charge on any atom is -0.381 e. The van der Waals surface area contributed by atoms with Crippen LogP contribution in [-0.4, -0.2) is 4.57 Å². The van der Waals surface area contributed by atoms with Crippen molar-refractivity contribution in [1.82, 2.24) is 4.57 Å². The largest absolute Gasteiger partial charge is 0.381 e. The summed E-state index contributed by atoms with van der Waals surface area (Å²) in [6.45, 7) is 1.15. The molecule has 0 unspecified atom stereocenters. The molecule has 0 spiro atoms. The lowest BCUT2D eigenvalue weighted by atomic mass is 10.1. The molecule has 0 amide bonds. The third-order valence-electron chi connectivity index (χ3n) is 4.57. The molecule has 0 aliphatic heterocycles. The lowest BCUT2D eigenvalue weighted by Crippen LogP contribution is -2.01. The van der Waals surface area contributed by atoms with Crippen molar-refractivity contribution >= 4 is 44.1 Å². The lowest BCUT2D eigenvalue weighted by molar-refractivity contribution is 0.602. The van der Waals surface area contributed by atoms with Gasteiger partial charge in [-0.2, -0.15) is 0 Å². The first-order valence-electron chi connectivity index (χ1n) is 8.61. The van der Waals surface area contributed by atoms with Gasteiger partial charge in [-0.3, -0.25) is 0 Å². The van der Waals surface area contributed by atoms with Gasteiger partial charge in [-0.25, -0.2) is 4.39 Å². The van der Waals surface area contributed by atoms with E-state index in [1.165, 1.54) is 6.07 Å². The summed E-state index contributed by atoms with van der Waals surface area (Å²) >= 11 is 9.58. The second-order valence-electron chi connectivity index (χ2n) is 6.37. The number of benzene rings is 3. The van der Waals surface area contributed by atoms with Crippen molar-refractivity contribution in [2.24, 2.45) is 0 Å². The number of rotatable bonds is 5. The summed E-state index contributed by atoms with van der Waals surface area (Å²) in [6.07, 6.45) is 2.09. The van der Waals surface area contributed by atoms with Crippen LogP contribution in [-0.2, 0) is 13.1 Å². The fourth-order valence-corrected chi connectivity index (χ4v) is 3.64. The highest BCUT2D eigenvalue weighted by Gasteiger charge is 2.10. The van der Waals surface area contributed by atoms with Gasteiger partial charge in [0, 0.05) is 39.4 Å². The molecule has 1 heterocycles. The van der Waals surface area contributed by atoms with Crippen molar-refractivity contribution in [3.63, 3.8) is 0 Å². The molecule has 27 heavy (non-hydrogen) atoms. The van der Waals surface area contributed by atoms with Gasteiger partial charge in [-0.05, 0) is 51.8 Å². The number of nitrogens with zero attached hydrogens (tertiary/aromatic N) is 1. The summed E-state index contributed by atoms with van der Waals surface area (Å²) in [5.74, 6) is -0.181. The van der Waals surface area contributed by atoms with E-state index in [2.05, 4.69) is 44.1 Å². The Bertz CT molecular complexity index is 1110. The maximum Gasteiger partial charge on any atom is 0.128 e. The number of halogens is 3. The molecule has 1 aromatic heterocycles. The van der Waals surface area contributed by atoms with Gasteiger partial charge in [0.25, 0.3) is 0 Å². The van der Waals surface area contributed by atoms with Gasteiger partial charge in [0.2, 0.25) is 0 Å². The summed E-state index contributed by atoms with van der Waals surface area (Å²) in [5.41, 5.74) is 3.87. The van der Waals surface area contributed by atoms with Crippen LogP contribution in [0.25, 0.3) is 10.9 Å². The standard InChI is InChI=1S/C22H17BrClFN2/c23-19-10-9-17(11-20(19)24)26-12-16-14-27(22-8-4-2-6-18(16)22)13-15-5-1-3-7-21(15)25/h1-11,14,26H,12-13H2. The van der Waals surface area contributed by atoms with Crippen molar-refractivity contribution in [3.05, 3.63) is 99.4 Å². The first-order valence-corrected chi connectivity index (χ1v) is 9.78. The van der Waals surface area contributed by atoms with Gasteiger partial charge in [-0.1, -0.05) is 48.0 Å². The van der Waals surface area contributed by atoms with Gasteiger partial charge in [-0.15, -0.1) is 0 Å². The Kier molecular flexibility index (Phi) is 5.19. The summed E-state index contributed by atoms with van der Waals surface area (Å²) in [4.78, 5) is 0. The number of fused-ring (bicyclic) bond motifs is 1. The van der Waals surface area contributed by atoms with E-state index in [0.29, 0.717) is 23.7 Å². The SMILES string of the molecule is Fc1ccccc1Cn1cc(CNc2ccc(Br)c(Cl)c2)c2ccccc21. The van der Waals surface area contributed by atoms with Crippen molar-refractivity contribution in [1.29, 1.82) is 0 Å². The molecule has 0 atom stereocenters. The van der Waals surface area contributed by atoms with E-state index in [0.717, 1.165) is 26.6 Å². The smallest absolute Gasteiger partial charge is 0.128 e. The fourth-order valence-electron chi connectivity index (χ4n) is 3.21. The average Bonchev–Trinajstić information content (AvgIpc) is 3.02. The lowest BCUT2D eigenvalue weighted by Gasteiger charge is -2.07. The van der Waals surface area contributed by atoms with Crippen LogP contribution >= 0.6 is 27.5 Å². The van der Waals surface area contributed by atoms with E-state index in [4.69, 9.17) is 11.6 Å². The maximum atomic E-state index is 14.1. The normalized spacial score (nSPS) is 11.1. The molecule has 2 nitrogen and oxygen atoms in total. The summed E-state index contributed by atoms with van der Waals surface area (Å²) in [5, 5.41) is 5.24. The van der Waals surface area contributed by atoms with E-state index < -0.39 is 0 Å². The van der Waals surface area contributed by atoms with Gasteiger partial charge in [0.05, 0.1) is 11.6 Å². The molecule has 5 heteroatoms. The fraction of sp³-hybridized carbons (Fsp3) is 0.0909. The first kappa shape index (κ1) is 18.1. The molecule has 0 saturated heterocycles. The second kappa shape index (κ2) is 7.75. The van der Waals surface area contributed by atoms with Crippen molar-refractivity contribution in [2.75, 3.05) is 5.32 Å². The number of para-hydroxylation sites is 1. The Hall–Kier alpha value is -2.30. The summed E-state index contributed by atoms with van der Waals surface area (Å²) in [6, 6.07) is 20.9. The molecule has 4 aromatic rings. The number of nitrogens with one attached hydrogen (secondary N) is 1. The molecular weight excluding hydrogens is 427 g/mol. The Morgan fingerprint density at radius 1 is 0.963 bits per heavy atom. The zero-order valence-electron chi connectivity index (χ0n) is 14.4. The molecule has 3 aromatic carbocycles. The Morgan fingerprint density at radius 2 is 1.74 bits per heavy atom. The van der Waals surface area contributed by atoms with Gasteiger partial charge in [0.15, 0.2) is 0 Å². The minimum atomic E-state index is -0.181. The molecule has 0 fully saturated rings. The van der Waals surface area contributed by atoms with Crippen molar-refractivity contribution in [3.8, 4) is 0 Å². The van der Waals surface area contributed by atoms with Crippen LogP contribution in [0.4, 0.5) is 10.1 Å². The number of hydrogen-bond donors (Lipinski definition) is 1. The third kappa shape index (κ3) is 3.87. The van der Waals surface area contributed by atoms with Gasteiger partial charge < -0.3 is 9.88 Å². The number of hydrogen-bond acceptors (Lipinski definition) is 1. The number of anilines is 1. The monoisotopic (exact) mass is 442 g/mol. The Balaban J connectivity index is 1.63. The predicted molar refractivity (Wildman–Crippen MR) is 114 cm³/mol. The van der Waals surface area contributed by atoms with E-state index in [1.54, 1.807) is 6.07 Å². The third-order valence-corrected chi connectivity index (χ3v) is 5.80. The zero-order chi connectivity index (χ0) is 18.8. The highest BCUT2D eigenvalue weighted by Crippen LogP contribution is 2.27. The van der Waals surface area contributed by atoms with Crippen LogP contribution in [0.5, 0.6) is 0 Å². The Labute approximate surface area is 170 Å². The highest BCUT2D eigenvalue weighted by atomic mass is 79.9. The average molecular weight is 444 g/mol. The minimum absolute atomic E-state index is 0.181. The van der Waals surface area contributed by atoms with Crippen LogP contribution in [0.3, 0.4) is 0 Å². The van der Waals surface area contributed by atoms with E-state index >= 15 is 0 Å². The van der Waals surface area contributed by atoms with Crippen LogP contribution in [0.15, 0.2) is 77.4 Å². The van der Waals surface area contributed by atoms with E-state index in [-0.39, 0.29) is 5.82 Å². The van der Waals surface area contributed by atoms with Gasteiger partial charge in [0.1, 0.15) is 5.82 Å². The van der Waals surface area contributed by atoms with Crippen LogP contribution in [0.1, 0.15) is 11.1 Å². The van der Waals surface area contributed by atoms with Crippen LogP contribution in [0, 0.1) is 5.82 Å². The van der Waals surface area contributed by atoms with Crippen molar-refractivity contribution in [2.45, 2.75) is 13.1 Å². The molecule has 1 N–H and O–H groups in total. The van der Waals surface area contributed by atoms with E-state index in [9.17, 15) is 4.39 Å². The van der Waals surface area contributed by atoms with Crippen LogP contribution in [0.2, 0.25) is 5.02 Å². The molecule has 0 aliphatic carbocycles. The molecule has 0 radical (unpaired) electrons. The maximum absolute atomic E-state index is 14.1. The van der Waals surface area contributed by atoms with Gasteiger partial charge >= 0.3 is 0 Å².